The molecule has 88 heavy (non-hydrogen) atoms. The van der Waals surface area contributed by atoms with Gasteiger partial charge in [-0.25, -0.2) is 0 Å². The van der Waals surface area contributed by atoms with E-state index in [0.717, 1.165) is 158 Å². The molecular formula is C80H58N8. The Labute approximate surface area is 512 Å². The molecule has 8 nitrogen and oxygen atoms in total. The fraction of sp³-hybridized carbons (Fsp3) is 0.0500. The fourth-order valence-corrected chi connectivity index (χ4v) is 11.5. The molecule has 0 fully saturated rings. The Balaban J connectivity index is 0.688. The van der Waals surface area contributed by atoms with Crippen LogP contribution in [0.3, 0.4) is 0 Å². The standard InChI is InChI=1S/C80H58N8/c1-53-13-35-75(85-47-53)61-27-19-57(20-28-61)67-43-68(72(66-10-8-40-82-52-66)45-71(67)65-9-7-39-81-51-65)58-21-29-63(30-22-58)77-37-17-55(49-87-77)15-16-56-18-38-78(88-50-56)64-33-25-60(26-34-64)70-44-69(59-23-31-62(32-24-59)76-36-14-54(2)48-86-76)73(79-11-3-5-41-83-79)46-74(70)80-12-4-6-42-84-80/h3-14,17-52H,15-16H2,1-2H3. The van der Waals surface area contributed by atoms with Crippen LogP contribution in [0.15, 0.2) is 292 Å². The lowest BCUT2D eigenvalue weighted by Gasteiger charge is -2.18. The molecule has 8 heteroatoms. The highest BCUT2D eigenvalue weighted by Gasteiger charge is 2.20. The summed E-state index contributed by atoms with van der Waals surface area (Å²) < 4.78 is 0. The van der Waals surface area contributed by atoms with Crippen molar-refractivity contribution >= 4 is 0 Å². The maximum Gasteiger partial charge on any atom is 0.0708 e. The summed E-state index contributed by atoms with van der Waals surface area (Å²) in [5.74, 6) is 0. The first-order chi connectivity index (χ1) is 43.4. The molecule has 0 saturated heterocycles. The van der Waals surface area contributed by atoms with Crippen LogP contribution in [0.5, 0.6) is 0 Å². The molecule has 0 aliphatic carbocycles. The van der Waals surface area contributed by atoms with Gasteiger partial charge in [-0.05, 0) is 190 Å². The molecule has 0 spiro atoms. The van der Waals surface area contributed by atoms with Crippen molar-refractivity contribution in [3.05, 3.63) is 315 Å². The summed E-state index contributed by atoms with van der Waals surface area (Å²) in [6.07, 6.45) is 20.7. The van der Waals surface area contributed by atoms with Crippen LogP contribution in [-0.2, 0) is 12.8 Å². The zero-order valence-electron chi connectivity index (χ0n) is 48.7. The van der Waals surface area contributed by atoms with Gasteiger partial charge in [0.1, 0.15) is 0 Å². The third kappa shape index (κ3) is 11.7. The number of aromatic nitrogens is 8. The number of nitrogens with zero attached hydrogens (tertiary/aromatic N) is 8. The van der Waals surface area contributed by atoms with Gasteiger partial charge in [0.25, 0.3) is 0 Å². The maximum absolute atomic E-state index is 4.98. The minimum atomic E-state index is 0.843. The molecule has 0 N–H and O–H groups in total. The Hall–Kier alpha value is -11.5. The van der Waals surface area contributed by atoms with Crippen molar-refractivity contribution in [2.45, 2.75) is 26.7 Å². The van der Waals surface area contributed by atoms with E-state index >= 15 is 0 Å². The van der Waals surface area contributed by atoms with Crippen molar-refractivity contribution in [2.24, 2.45) is 0 Å². The molecule has 0 aliphatic heterocycles. The van der Waals surface area contributed by atoms with Crippen LogP contribution in [0.4, 0.5) is 0 Å². The van der Waals surface area contributed by atoms with Crippen molar-refractivity contribution in [3.8, 4) is 134 Å². The molecule has 6 aromatic carbocycles. The van der Waals surface area contributed by atoms with Gasteiger partial charge in [-0.1, -0.05) is 146 Å². The third-order valence-electron chi connectivity index (χ3n) is 16.3. The number of rotatable bonds is 15. The second-order valence-corrected chi connectivity index (χ2v) is 22.2. The van der Waals surface area contributed by atoms with Gasteiger partial charge in [0.2, 0.25) is 0 Å². The van der Waals surface area contributed by atoms with Gasteiger partial charge in [-0.15, -0.1) is 0 Å². The first-order valence-corrected chi connectivity index (χ1v) is 29.6. The second-order valence-electron chi connectivity index (χ2n) is 22.2. The van der Waals surface area contributed by atoms with E-state index in [0.29, 0.717) is 0 Å². The van der Waals surface area contributed by atoms with Gasteiger partial charge < -0.3 is 0 Å². The summed E-state index contributed by atoms with van der Waals surface area (Å²) in [5.41, 5.74) is 29.4. The predicted molar refractivity (Wildman–Crippen MR) is 357 cm³/mol. The monoisotopic (exact) mass is 1130 g/mol. The first-order valence-electron chi connectivity index (χ1n) is 29.6. The Morgan fingerprint density at radius 3 is 0.830 bits per heavy atom. The summed E-state index contributed by atoms with van der Waals surface area (Å²) in [5, 5.41) is 0. The molecule has 0 bridgehead atoms. The zero-order valence-corrected chi connectivity index (χ0v) is 48.7. The zero-order chi connectivity index (χ0) is 59.2. The molecular weight excluding hydrogens is 1070 g/mol. The van der Waals surface area contributed by atoms with Gasteiger partial charge in [-0.2, -0.15) is 0 Å². The number of pyridine rings is 8. The van der Waals surface area contributed by atoms with Crippen LogP contribution in [-0.4, -0.2) is 39.9 Å². The Morgan fingerprint density at radius 1 is 0.216 bits per heavy atom. The van der Waals surface area contributed by atoms with Gasteiger partial charge in [0.05, 0.1) is 34.2 Å². The van der Waals surface area contributed by atoms with Gasteiger partial charge >= 0.3 is 0 Å². The summed E-state index contributed by atoms with van der Waals surface area (Å²) >= 11 is 0. The van der Waals surface area contributed by atoms with E-state index in [4.69, 9.17) is 19.9 Å². The maximum atomic E-state index is 4.98. The van der Waals surface area contributed by atoms with Crippen LogP contribution in [0, 0.1) is 13.8 Å². The van der Waals surface area contributed by atoms with E-state index < -0.39 is 0 Å². The smallest absolute Gasteiger partial charge is 0.0708 e. The normalized spacial score (nSPS) is 11.2. The van der Waals surface area contributed by atoms with E-state index in [1.54, 1.807) is 0 Å². The quantitative estimate of drug-likeness (QED) is 0.100. The molecule has 14 rings (SSSR count). The average Bonchev–Trinajstić information content (AvgIpc) is 1.35. The first kappa shape index (κ1) is 54.5. The van der Waals surface area contributed by atoms with Crippen LogP contribution in [0.1, 0.15) is 22.3 Å². The number of hydrogen-bond donors (Lipinski definition) is 0. The average molecular weight is 1130 g/mol. The van der Waals surface area contributed by atoms with E-state index in [2.05, 4.69) is 228 Å². The van der Waals surface area contributed by atoms with Crippen molar-refractivity contribution in [2.75, 3.05) is 0 Å². The molecule has 14 aromatic rings. The molecule has 0 unspecified atom stereocenters. The lowest BCUT2D eigenvalue weighted by molar-refractivity contribution is 0.942. The van der Waals surface area contributed by atoms with Gasteiger partial charge in [-0.3, -0.25) is 39.9 Å². The van der Waals surface area contributed by atoms with Crippen molar-refractivity contribution < 1.29 is 0 Å². The molecule has 0 amide bonds. The van der Waals surface area contributed by atoms with Crippen LogP contribution in [0.25, 0.3) is 134 Å². The lowest BCUT2D eigenvalue weighted by Crippen LogP contribution is -1.95. The van der Waals surface area contributed by atoms with E-state index in [-0.39, 0.29) is 0 Å². The molecule has 418 valence electrons. The molecule has 0 atom stereocenters. The van der Waals surface area contributed by atoms with Crippen molar-refractivity contribution in [1.29, 1.82) is 0 Å². The lowest BCUT2D eigenvalue weighted by atomic mass is 9.86. The summed E-state index contributed by atoms with van der Waals surface area (Å²) in [6.45, 7) is 4.11. The minimum absolute atomic E-state index is 0.843. The third-order valence-corrected chi connectivity index (χ3v) is 16.3. The van der Waals surface area contributed by atoms with Crippen LogP contribution >= 0.6 is 0 Å². The van der Waals surface area contributed by atoms with Gasteiger partial charge in [0, 0.05) is 106 Å². The summed E-state index contributed by atoms with van der Waals surface area (Å²) in [4.78, 5) is 38.1. The van der Waals surface area contributed by atoms with E-state index in [1.165, 1.54) is 11.1 Å². The number of hydrogen-bond acceptors (Lipinski definition) is 8. The summed E-state index contributed by atoms with van der Waals surface area (Å²) in [6, 6.07) is 81.3. The number of benzene rings is 6. The van der Waals surface area contributed by atoms with E-state index in [1.807, 2.05) is 98.4 Å². The highest BCUT2D eigenvalue weighted by atomic mass is 14.7. The molecule has 0 aliphatic rings. The molecule has 0 saturated carbocycles. The highest BCUT2D eigenvalue weighted by molar-refractivity contribution is 5.97. The van der Waals surface area contributed by atoms with Crippen molar-refractivity contribution in [3.63, 3.8) is 0 Å². The fourth-order valence-electron chi connectivity index (χ4n) is 11.5. The number of aryl methyl sites for hydroxylation is 4. The SMILES string of the molecule is Cc1ccc(-c2ccc(-c3cc(-c4ccc(-c5ccc(CCc6ccc(-c7ccc(-c8cc(-c9ccc(-c%10ccc(C)cn%10)cc9)c(-c9ccccn9)cc8-c8ccccn8)cc7)nc6)cn5)cc4)c(-c4cccnc4)cc3-c3cccnc3)cc2)nc1. The van der Waals surface area contributed by atoms with E-state index in [9.17, 15) is 0 Å². The highest BCUT2D eigenvalue weighted by Crippen LogP contribution is 2.44. The molecule has 0 radical (unpaired) electrons. The van der Waals surface area contributed by atoms with Gasteiger partial charge in [0.15, 0.2) is 0 Å². The van der Waals surface area contributed by atoms with Crippen molar-refractivity contribution in [1.82, 2.24) is 39.9 Å². The molecule has 8 heterocycles. The Bertz CT molecular complexity index is 4370. The summed E-state index contributed by atoms with van der Waals surface area (Å²) in [7, 11) is 0. The second kappa shape index (κ2) is 24.6. The molecule has 8 aromatic heterocycles. The minimum Gasteiger partial charge on any atom is -0.264 e. The Kier molecular flexibility index (Phi) is 15.2. The Morgan fingerprint density at radius 2 is 0.534 bits per heavy atom. The topological polar surface area (TPSA) is 103 Å². The largest absolute Gasteiger partial charge is 0.264 e. The predicted octanol–water partition coefficient (Wildman–Crippen LogP) is 19.3. The van der Waals surface area contributed by atoms with Crippen LogP contribution < -0.4 is 0 Å². The van der Waals surface area contributed by atoms with Crippen LogP contribution in [0.2, 0.25) is 0 Å².